The highest BCUT2D eigenvalue weighted by Crippen LogP contribution is 2.30. The van der Waals surface area contributed by atoms with Gasteiger partial charge in [-0.2, -0.15) is 0 Å². The largest absolute Gasteiger partial charge is 0.282 e. The molecule has 0 aromatic heterocycles. The van der Waals surface area contributed by atoms with Crippen molar-refractivity contribution in [3.63, 3.8) is 0 Å². The Balaban J connectivity index is 1.81. The third-order valence-corrected chi connectivity index (χ3v) is 4.95. The summed E-state index contributed by atoms with van der Waals surface area (Å²) in [5.74, 6) is 0. The van der Waals surface area contributed by atoms with Crippen LogP contribution in [-0.2, 0) is 0 Å². The molecule has 0 aromatic carbocycles. The Labute approximate surface area is 107 Å². The molecule has 0 radical (unpaired) electrons. The molecule has 0 atom stereocenters. The minimum Gasteiger partial charge on any atom is -0.282 e. The van der Waals surface area contributed by atoms with Gasteiger partial charge in [0.15, 0.2) is 0 Å². The zero-order valence-electron chi connectivity index (χ0n) is 8.57. The molecule has 0 saturated carbocycles. The molecule has 4 saturated heterocycles. The number of hydrogen-bond acceptors (Lipinski definition) is 3. The van der Waals surface area contributed by atoms with Crippen LogP contribution in [0, 0.1) is 0 Å². The quantitative estimate of drug-likeness (QED) is 0.699. The van der Waals surface area contributed by atoms with E-state index < -0.39 is 0 Å². The van der Waals surface area contributed by atoms with Crippen LogP contribution >= 0.6 is 31.9 Å². The van der Waals surface area contributed by atoms with E-state index in [0.29, 0.717) is 0 Å². The summed E-state index contributed by atoms with van der Waals surface area (Å²) < 4.78 is 2.41. The van der Waals surface area contributed by atoms with E-state index in [1.54, 1.807) is 0 Å². The van der Waals surface area contributed by atoms with E-state index in [1.165, 1.54) is 24.5 Å². The number of halogens is 2. The lowest BCUT2D eigenvalue weighted by Gasteiger charge is -2.60. The van der Waals surface area contributed by atoms with Crippen LogP contribution in [0.4, 0.5) is 0 Å². The molecular weight excluding hydrogens is 324 g/mol. The molecule has 6 heteroatoms. The van der Waals surface area contributed by atoms with Crippen molar-refractivity contribution in [3.05, 3.63) is 9.47 Å². The van der Waals surface area contributed by atoms with Gasteiger partial charge in [0, 0.05) is 0 Å². The van der Waals surface area contributed by atoms with Gasteiger partial charge < -0.3 is 0 Å². The molecule has 0 amide bonds. The van der Waals surface area contributed by atoms with Gasteiger partial charge in [0.05, 0.1) is 24.5 Å². The van der Waals surface area contributed by atoms with Gasteiger partial charge in [-0.25, -0.2) is 14.7 Å². The minimum absolute atomic E-state index is 1.09. The predicted molar refractivity (Wildman–Crippen MR) is 65.8 cm³/mol. The zero-order valence-corrected chi connectivity index (χ0v) is 11.7. The summed E-state index contributed by atoms with van der Waals surface area (Å²) in [5.41, 5.74) is 0. The first-order chi connectivity index (χ1) is 7.19. The molecule has 0 spiro atoms. The summed E-state index contributed by atoms with van der Waals surface area (Å²) in [6.07, 6.45) is 0. The van der Waals surface area contributed by atoms with Crippen LogP contribution in [-0.4, -0.2) is 65.7 Å². The molecule has 4 aliphatic rings. The molecule has 4 nitrogen and oxygen atoms in total. The zero-order chi connectivity index (χ0) is 10.5. The highest BCUT2D eigenvalue weighted by molar-refractivity contribution is 9.14. The van der Waals surface area contributed by atoms with E-state index >= 15 is 0 Å². The van der Waals surface area contributed by atoms with E-state index in [0.717, 1.165) is 31.0 Å². The van der Waals surface area contributed by atoms with E-state index in [1.807, 2.05) is 4.99 Å². The Morgan fingerprint density at radius 3 is 1.93 bits per heavy atom. The van der Waals surface area contributed by atoms with Gasteiger partial charge in [-0.3, -0.25) is 4.48 Å². The average Bonchev–Trinajstić information content (AvgIpc) is 2.14. The van der Waals surface area contributed by atoms with Crippen LogP contribution in [0.5, 0.6) is 0 Å². The minimum atomic E-state index is 1.09. The molecule has 4 rings (SSSR count). The van der Waals surface area contributed by atoms with Gasteiger partial charge in [-0.05, 0) is 20.9 Å². The van der Waals surface area contributed by atoms with Gasteiger partial charge >= 0.3 is 0 Å². The van der Waals surface area contributed by atoms with Gasteiger partial charge in [0.2, 0.25) is 0 Å². The van der Waals surface area contributed by atoms with Crippen molar-refractivity contribution in [2.45, 2.75) is 0 Å². The molecule has 4 fully saturated rings. The SMILES string of the molecule is BrC=C(Br)C[N+]12CN3CN(CN(C3)C1)C2. The molecule has 0 aliphatic carbocycles. The van der Waals surface area contributed by atoms with Gasteiger partial charge in [-0.1, -0.05) is 15.9 Å². The maximum absolute atomic E-state index is 3.61. The first kappa shape index (κ1) is 10.7. The number of nitrogens with zero attached hydrogens (tertiary/aromatic N) is 4. The molecule has 4 bridgehead atoms. The van der Waals surface area contributed by atoms with Crippen LogP contribution in [0.2, 0.25) is 0 Å². The summed E-state index contributed by atoms with van der Waals surface area (Å²) in [6, 6.07) is 0. The lowest BCUT2D eigenvalue weighted by atomic mass is 10.3. The number of hydrogen-bond donors (Lipinski definition) is 0. The fraction of sp³-hybridized carbons (Fsp3) is 0.778. The maximum Gasteiger partial charge on any atom is 0.139 e. The second-order valence-electron chi connectivity index (χ2n) is 4.92. The van der Waals surface area contributed by atoms with E-state index in [9.17, 15) is 0 Å². The first-order valence-electron chi connectivity index (χ1n) is 5.16. The molecule has 15 heavy (non-hydrogen) atoms. The summed E-state index contributed by atoms with van der Waals surface area (Å²) in [6.45, 7) is 8.16. The second-order valence-corrected chi connectivity index (χ2v) is 6.39. The Morgan fingerprint density at radius 1 is 1.07 bits per heavy atom. The normalized spacial score (nSPS) is 48.7. The van der Waals surface area contributed by atoms with Gasteiger partial charge in [0.1, 0.15) is 26.6 Å². The standard InChI is InChI=1S/C9H15Br2N4/c10-1-9(11)2-15-6-12-3-13(7-15)5-14(4-12)8-15/h1H,2-8H2/q+1. The third-order valence-electron chi connectivity index (χ3n) is 3.30. The van der Waals surface area contributed by atoms with Crippen molar-refractivity contribution in [2.24, 2.45) is 0 Å². The highest BCUT2D eigenvalue weighted by atomic mass is 79.9. The fourth-order valence-corrected chi connectivity index (χ4v) is 3.84. The van der Waals surface area contributed by atoms with Crippen LogP contribution in [0.1, 0.15) is 0 Å². The summed E-state index contributed by atoms with van der Waals surface area (Å²) in [5, 5.41) is 0. The molecular formula is C9H15Br2N4+. The van der Waals surface area contributed by atoms with Crippen molar-refractivity contribution in [2.75, 3.05) is 46.6 Å². The van der Waals surface area contributed by atoms with Crippen LogP contribution in [0.3, 0.4) is 0 Å². The maximum atomic E-state index is 3.61. The molecule has 4 heterocycles. The van der Waals surface area contributed by atoms with Gasteiger partial charge in [-0.15, -0.1) is 0 Å². The summed E-state index contributed by atoms with van der Waals surface area (Å²) >= 11 is 7.00. The Kier molecular flexibility index (Phi) is 2.69. The van der Waals surface area contributed by atoms with Crippen molar-refractivity contribution in [3.8, 4) is 0 Å². The average molecular weight is 339 g/mol. The van der Waals surface area contributed by atoms with E-state index in [-0.39, 0.29) is 0 Å². The monoisotopic (exact) mass is 337 g/mol. The topological polar surface area (TPSA) is 9.72 Å². The summed E-state index contributed by atoms with van der Waals surface area (Å²) in [4.78, 5) is 9.59. The van der Waals surface area contributed by atoms with Crippen molar-refractivity contribution in [1.29, 1.82) is 0 Å². The number of rotatable bonds is 2. The Hall–Kier alpha value is 0.540. The third kappa shape index (κ3) is 1.92. The van der Waals surface area contributed by atoms with Crippen molar-refractivity contribution < 1.29 is 4.48 Å². The molecule has 0 unspecified atom stereocenters. The van der Waals surface area contributed by atoms with Gasteiger partial charge in [0.25, 0.3) is 0 Å². The van der Waals surface area contributed by atoms with Crippen LogP contribution in [0.15, 0.2) is 9.47 Å². The van der Waals surface area contributed by atoms with Crippen LogP contribution in [0.25, 0.3) is 0 Å². The lowest BCUT2D eigenvalue weighted by Crippen LogP contribution is -2.79. The summed E-state index contributed by atoms with van der Waals surface area (Å²) in [7, 11) is 0. The number of quaternary nitrogens is 1. The van der Waals surface area contributed by atoms with Crippen LogP contribution < -0.4 is 0 Å². The first-order valence-corrected chi connectivity index (χ1v) is 6.87. The molecule has 0 aromatic rings. The molecule has 84 valence electrons. The lowest BCUT2D eigenvalue weighted by molar-refractivity contribution is -0.975. The van der Waals surface area contributed by atoms with E-state index in [2.05, 4.69) is 46.6 Å². The second kappa shape index (κ2) is 3.78. The van der Waals surface area contributed by atoms with E-state index in [4.69, 9.17) is 0 Å². The Bertz CT molecular complexity index is 269. The smallest absolute Gasteiger partial charge is 0.139 e. The van der Waals surface area contributed by atoms with Crippen molar-refractivity contribution in [1.82, 2.24) is 14.7 Å². The predicted octanol–water partition coefficient (Wildman–Crippen LogP) is 1.13. The van der Waals surface area contributed by atoms with Crippen molar-refractivity contribution >= 4 is 31.9 Å². The molecule has 0 N–H and O–H groups in total. The molecule has 4 aliphatic heterocycles. The highest BCUT2D eigenvalue weighted by Gasteiger charge is 2.48. The Morgan fingerprint density at radius 2 is 1.53 bits per heavy atom. The fourth-order valence-electron chi connectivity index (χ4n) is 3.16.